The third-order valence-corrected chi connectivity index (χ3v) is 3.95. The van der Waals surface area contributed by atoms with Crippen molar-refractivity contribution < 1.29 is 9.59 Å². The van der Waals surface area contributed by atoms with Crippen molar-refractivity contribution in [1.82, 2.24) is 10.2 Å². The maximum absolute atomic E-state index is 12.8. The van der Waals surface area contributed by atoms with Crippen molar-refractivity contribution in [3.63, 3.8) is 0 Å². The Bertz CT molecular complexity index is 493. The number of rotatable bonds is 5. The van der Waals surface area contributed by atoms with Crippen LogP contribution >= 0.6 is 0 Å². The summed E-state index contributed by atoms with van der Waals surface area (Å²) in [5, 5.41) is 2.93. The first-order chi connectivity index (χ1) is 10.6. The SMILES string of the molecule is CC(C)CC(=O)N[C@H](C(=O)N1CCCCC1)c1ccccc1. The number of carbonyl (C=O) groups excluding carboxylic acids is 2. The van der Waals surface area contributed by atoms with Gasteiger partial charge in [0.15, 0.2) is 0 Å². The highest BCUT2D eigenvalue weighted by Crippen LogP contribution is 2.19. The van der Waals surface area contributed by atoms with Crippen molar-refractivity contribution >= 4 is 11.8 Å². The zero-order chi connectivity index (χ0) is 15.9. The summed E-state index contributed by atoms with van der Waals surface area (Å²) >= 11 is 0. The summed E-state index contributed by atoms with van der Waals surface area (Å²) in [6, 6.07) is 8.97. The lowest BCUT2D eigenvalue weighted by Crippen LogP contribution is -2.45. The zero-order valence-corrected chi connectivity index (χ0v) is 13.5. The molecule has 22 heavy (non-hydrogen) atoms. The van der Waals surface area contributed by atoms with Gasteiger partial charge in [0, 0.05) is 19.5 Å². The van der Waals surface area contributed by atoms with E-state index in [-0.39, 0.29) is 17.7 Å². The summed E-state index contributed by atoms with van der Waals surface area (Å²) < 4.78 is 0. The Morgan fingerprint density at radius 1 is 1.09 bits per heavy atom. The fourth-order valence-corrected chi connectivity index (χ4v) is 2.82. The summed E-state index contributed by atoms with van der Waals surface area (Å²) in [5.41, 5.74) is 0.857. The number of piperidine rings is 1. The molecular weight excluding hydrogens is 276 g/mol. The van der Waals surface area contributed by atoms with E-state index in [1.807, 2.05) is 49.1 Å². The standard InChI is InChI=1S/C18H26N2O2/c1-14(2)13-16(21)19-17(15-9-5-3-6-10-15)18(22)20-11-7-4-8-12-20/h3,5-6,9-10,14,17H,4,7-8,11-13H2,1-2H3,(H,19,21)/t17-/m0/s1. The molecule has 1 heterocycles. The number of carbonyl (C=O) groups is 2. The van der Waals surface area contributed by atoms with Crippen LogP contribution in [0.1, 0.15) is 51.1 Å². The molecule has 1 aromatic rings. The normalized spacial score (nSPS) is 16.4. The molecular formula is C18H26N2O2. The van der Waals surface area contributed by atoms with Crippen molar-refractivity contribution in [3.8, 4) is 0 Å². The number of hydrogen-bond acceptors (Lipinski definition) is 2. The number of nitrogens with zero attached hydrogens (tertiary/aromatic N) is 1. The fraction of sp³-hybridized carbons (Fsp3) is 0.556. The van der Waals surface area contributed by atoms with Gasteiger partial charge in [-0.25, -0.2) is 0 Å². The molecule has 4 heteroatoms. The van der Waals surface area contributed by atoms with E-state index in [0.29, 0.717) is 6.42 Å². The first kappa shape index (κ1) is 16.5. The van der Waals surface area contributed by atoms with Gasteiger partial charge in [-0.05, 0) is 30.7 Å². The molecule has 120 valence electrons. The van der Waals surface area contributed by atoms with E-state index < -0.39 is 6.04 Å². The molecule has 1 aromatic carbocycles. The molecule has 0 aromatic heterocycles. The van der Waals surface area contributed by atoms with Gasteiger partial charge in [0.05, 0.1) is 0 Å². The van der Waals surface area contributed by atoms with Crippen molar-refractivity contribution in [2.45, 2.75) is 45.6 Å². The van der Waals surface area contributed by atoms with Gasteiger partial charge < -0.3 is 10.2 Å². The van der Waals surface area contributed by atoms with Gasteiger partial charge in [0.1, 0.15) is 6.04 Å². The smallest absolute Gasteiger partial charge is 0.249 e. The minimum Gasteiger partial charge on any atom is -0.341 e. The summed E-state index contributed by atoms with van der Waals surface area (Å²) in [6.07, 6.45) is 3.72. The van der Waals surface area contributed by atoms with Crippen LogP contribution < -0.4 is 5.32 Å². The predicted octanol–water partition coefficient (Wildman–Crippen LogP) is 2.90. The maximum Gasteiger partial charge on any atom is 0.249 e. The minimum atomic E-state index is -0.564. The molecule has 1 saturated heterocycles. The van der Waals surface area contributed by atoms with E-state index in [4.69, 9.17) is 0 Å². The number of nitrogens with one attached hydrogen (secondary N) is 1. The third-order valence-electron chi connectivity index (χ3n) is 3.95. The monoisotopic (exact) mass is 302 g/mol. The Hall–Kier alpha value is -1.84. The van der Waals surface area contributed by atoms with E-state index in [2.05, 4.69) is 5.32 Å². The van der Waals surface area contributed by atoms with Crippen LogP contribution in [0.5, 0.6) is 0 Å². The van der Waals surface area contributed by atoms with Gasteiger partial charge in [-0.1, -0.05) is 44.2 Å². The average Bonchev–Trinajstić information content (AvgIpc) is 2.53. The van der Waals surface area contributed by atoms with E-state index in [0.717, 1.165) is 31.5 Å². The lowest BCUT2D eigenvalue weighted by atomic mass is 10.0. The topological polar surface area (TPSA) is 49.4 Å². The molecule has 1 aliphatic heterocycles. The molecule has 1 atom stereocenters. The first-order valence-electron chi connectivity index (χ1n) is 8.21. The van der Waals surface area contributed by atoms with E-state index in [1.54, 1.807) is 0 Å². The molecule has 0 radical (unpaired) electrons. The van der Waals surface area contributed by atoms with Gasteiger partial charge in [0.2, 0.25) is 11.8 Å². The van der Waals surface area contributed by atoms with Crippen LogP contribution in [0.4, 0.5) is 0 Å². The molecule has 4 nitrogen and oxygen atoms in total. The maximum atomic E-state index is 12.8. The summed E-state index contributed by atoms with van der Waals surface area (Å²) in [6.45, 7) is 5.59. The van der Waals surface area contributed by atoms with E-state index in [1.165, 1.54) is 6.42 Å². The number of benzene rings is 1. The Labute approximate surface area is 132 Å². The van der Waals surface area contributed by atoms with Crippen LogP contribution in [0.2, 0.25) is 0 Å². The Morgan fingerprint density at radius 3 is 2.32 bits per heavy atom. The molecule has 0 unspecified atom stereocenters. The molecule has 0 aliphatic carbocycles. The second-order valence-electron chi connectivity index (χ2n) is 6.40. The number of amides is 2. The highest BCUT2D eigenvalue weighted by atomic mass is 16.2. The number of hydrogen-bond donors (Lipinski definition) is 1. The summed E-state index contributed by atoms with van der Waals surface area (Å²) in [4.78, 5) is 26.9. The van der Waals surface area contributed by atoms with Gasteiger partial charge >= 0.3 is 0 Å². The molecule has 1 N–H and O–H groups in total. The van der Waals surface area contributed by atoms with Crippen LogP contribution in [0.25, 0.3) is 0 Å². The van der Waals surface area contributed by atoms with Crippen LogP contribution in [0.15, 0.2) is 30.3 Å². The molecule has 1 aliphatic rings. The zero-order valence-electron chi connectivity index (χ0n) is 13.5. The fourth-order valence-electron chi connectivity index (χ4n) is 2.82. The third kappa shape index (κ3) is 4.58. The van der Waals surface area contributed by atoms with Crippen molar-refractivity contribution in [2.75, 3.05) is 13.1 Å². The van der Waals surface area contributed by atoms with Gasteiger partial charge in [-0.15, -0.1) is 0 Å². The second-order valence-corrected chi connectivity index (χ2v) is 6.40. The molecule has 0 spiro atoms. The van der Waals surface area contributed by atoms with E-state index >= 15 is 0 Å². The number of likely N-dealkylation sites (tertiary alicyclic amines) is 1. The second kappa shape index (κ2) is 7.97. The van der Waals surface area contributed by atoms with Crippen LogP contribution in [0.3, 0.4) is 0 Å². The summed E-state index contributed by atoms with van der Waals surface area (Å²) in [5.74, 6) is 0.235. The van der Waals surface area contributed by atoms with Crippen LogP contribution in [-0.4, -0.2) is 29.8 Å². The Kier molecular flexibility index (Phi) is 5.99. The van der Waals surface area contributed by atoms with E-state index in [9.17, 15) is 9.59 Å². The molecule has 1 fully saturated rings. The quantitative estimate of drug-likeness (QED) is 0.909. The first-order valence-corrected chi connectivity index (χ1v) is 8.21. The highest BCUT2D eigenvalue weighted by Gasteiger charge is 2.28. The Morgan fingerprint density at radius 2 is 1.73 bits per heavy atom. The van der Waals surface area contributed by atoms with Crippen LogP contribution in [0, 0.1) is 5.92 Å². The highest BCUT2D eigenvalue weighted by molar-refractivity contribution is 5.88. The van der Waals surface area contributed by atoms with Gasteiger partial charge in [0.25, 0.3) is 0 Å². The lowest BCUT2D eigenvalue weighted by molar-refractivity contribution is -0.137. The molecule has 0 saturated carbocycles. The van der Waals surface area contributed by atoms with Gasteiger partial charge in [-0.2, -0.15) is 0 Å². The predicted molar refractivity (Wildman–Crippen MR) is 87.2 cm³/mol. The molecule has 2 amide bonds. The van der Waals surface area contributed by atoms with Crippen molar-refractivity contribution in [1.29, 1.82) is 0 Å². The molecule has 0 bridgehead atoms. The lowest BCUT2D eigenvalue weighted by Gasteiger charge is -2.31. The van der Waals surface area contributed by atoms with Crippen molar-refractivity contribution in [3.05, 3.63) is 35.9 Å². The van der Waals surface area contributed by atoms with Crippen LogP contribution in [-0.2, 0) is 9.59 Å². The molecule has 2 rings (SSSR count). The largest absolute Gasteiger partial charge is 0.341 e. The van der Waals surface area contributed by atoms with Crippen molar-refractivity contribution in [2.24, 2.45) is 5.92 Å². The average molecular weight is 302 g/mol. The Balaban J connectivity index is 2.14. The minimum absolute atomic E-state index is 0.0167. The summed E-state index contributed by atoms with van der Waals surface area (Å²) in [7, 11) is 0. The van der Waals surface area contributed by atoms with Gasteiger partial charge in [-0.3, -0.25) is 9.59 Å².